The molecule has 0 bridgehead atoms. The Morgan fingerprint density at radius 1 is 0.875 bits per heavy atom. The summed E-state index contributed by atoms with van der Waals surface area (Å²) in [5.41, 5.74) is 6.22. The van der Waals surface area contributed by atoms with E-state index < -0.39 is 0 Å². The number of anilines is 1. The van der Waals surface area contributed by atoms with Crippen LogP contribution in [-0.2, 0) is 0 Å². The third kappa shape index (κ3) is 4.57. The van der Waals surface area contributed by atoms with Crippen LogP contribution in [0.15, 0.2) is 73.1 Å². The Morgan fingerprint density at radius 2 is 1.50 bits per heavy atom. The van der Waals surface area contributed by atoms with E-state index in [0.29, 0.717) is 6.42 Å². The monoisotopic (exact) mass is 442 g/mol. The molecule has 0 spiro atoms. The molecule has 0 aliphatic carbocycles. The fourth-order valence-corrected chi connectivity index (χ4v) is 4.74. The lowest BCUT2D eigenvalue weighted by Crippen LogP contribution is -2.07. The molecule has 0 amide bonds. The molecule has 4 aromatic rings. The zero-order valence-corrected chi connectivity index (χ0v) is 18.8. The Bertz CT molecular complexity index is 1250. The number of hydrogen-bond donors (Lipinski definition) is 1. The first kappa shape index (κ1) is 21.8. The van der Waals surface area contributed by atoms with Crippen molar-refractivity contribution in [3.8, 4) is 44.5 Å². The first-order valence-electron chi connectivity index (χ1n) is 10.3. The van der Waals surface area contributed by atoms with Gasteiger partial charge in [-0.2, -0.15) is 0 Å². The number of aliphatic hydroxyl groups is 1. The molecule has 0 radical (unpaired) electrons. The maximum absolute atomic E-state index is 13.6. The summed E-state index contributed by atoms with van der Waals surface area (Å²) < 4.78 is 13.6. The Hall–Kier alpha value is -3.46. The summed E-state index contributed by atoms with van der Waals surface area (Å²) >= 11 is 1.59. The van der Waals surface area contributed by atoms with Crippen molar-refractivity contribution < 1.29 is 9.50 Å². The molecule has 2 aromatic carbocycles. The van der Waals surface area contributed by atoms with Gasteiger partial charge in [-0.15, -0.1) is 11.3 Å². The van der Waals surface area contributed by atoms with Gasteiger partial charge in [0.2, 0.25) is 0 Å². The van der Waals surface area contributed by atoms with Crippen molar-refractivity contribution in [2.45, 2.75) is 6.42 Å². The molecule has 5 heteroatoms. The minimum absolute atomic E-state index is 0.0211. The highest BCUT2D eigenvalue weighted by molar-refractivity contribution is 7.17. The summed E-state index contributed by atoms with van der Waals surface area (Å²) in [6, 6.07) is 18.9. The number of hydrogen-bond acceptors (Lipinski definition) is 4. The van der Waals surface area contributed by atoms with E-state index in [9.17, 15) is 9.50 Å². The van der Waals surface area contributed by atoms with Gasteiger partial charge in [-0.05, 0) is 53.1 Å². The van der Waals surface area contributed by atoms with E-state index in [4.69, 9.17) is 0 Å². The molecule has 32 heavy (non-hydrogen) atoms. The maximum Gasteiger partial charge on any atom is 0.123 e. The minimum Gasteiger partial charge on any atom is -0.395 e. The van der Waals surface area contributed by atoms with Gasteiger partial charge in [0.25, 0.3) is 0 Å². The molecule has 2 heterocycles. The Labute approximate surface area is 191 Å². The molecule has 0 aliphatic heterocycles. The molecule has 0 atom stereocenters. The number of rotatable bonds is 5. The van der Waals surface area contributed by atoms with Crippen molar-refractivity contribution in [1.29, 1.82) is 0 Å². The highest BCUT2D eigenvalue weighted by Gasteiger charge is 2.21. The van der Waals surface area contributed by atoms with E-state index in [2.05, 4.69) is 46.0 Å². The smallest absolute Gasteiger partial charge is 0.123 e. The van der Waals surface area contributed by atoms with Gasteiger partial charge >= 0.3 is 0 Å². The number of thiophene rings is 1. The van der Waals surface area contributed by atoms with Crippen molar-refractivity contribution >= 4 is 17.0 Å². The molecule has 160 valence electrons. The summed E-state index contributed by atoms with van der Waals surface area (Å²) in [6.07, 6.45) is 3.96. The quantitative estimate of drug-likeness (QED) is 0.380. The normalized spacial score (nSPS) is 10.5. The van der Waals surface area contributed by atoms with Gasteiger partial charge in [0.05, 0.1) is 11.5 Å². The van der Waals surface area contributed by atoms with Crippen molar-refractivity contribution in [2.75, 3.05) is 25.6 Å². The predicted molar refractivity (Wildman–Crippen MR) is 131 cm³/mol. The Balaban J connectivity index is 2.00. The first-order chi connectivity index (χ1) is 15.6. The zero-order valence-electron chi connectivity index (χ0n) is 18.0. The average molecular weight is 443 g/mol. The molecular weight excluding hydrogens is 419 g/mol. The molecule has 0 fully saturated rings. The predicted octanol–water partition coefficient (Wildman–Crippen LogP) is 6.08. The minimum atomic E-state index is -0.266. The standard InChI is InChI=1S/C27H23FN2OS/c1-30(2)23-12-8-19(9-13-23)25-24(5-3-4-18-31)32-27(21-6-10-22(28)11-7-21)26(25)20-14-16-29-17-15-20/h6-17,31H,4,18H2,1-2H3. The lowest BCUT2D eigenvalue weighted by molar-refractivity contribution is 0.305. The maximum atomic E-state index is 13.6. The second kappa shape index (κ2) is 9.78. The fourth-order valence-electron chi connectivity index (χ4n) is 3.52. The summed E-state index contributed by atoms with van der Waals surface area (Å²) in [6.45, 7) is 0.0211. The molecule has 0 unspecified atom stereocenters. The number of aromatic nitrogens is 1. The van der Waals surface area contributed by atoms with Gasteiger partial charge in [0, 0.05) is 54.6 Å². The van der Waals surface area contributed by atoms with Crippen LogP contribution in [0.2, 0.25) is 0 Å². The molecule has 4 rings (SSSR count). The Kier molecular flexibility index (Phi) is 6.65. The summed E-state index contributed by atoms with van der Waals surface area (Å²) in [4.78, 5) is 8.18. The number of benzene rings is 2. The van der Waals surface area contributed by atoms with Gasteiger partial charge in [-0.3, -0.25) is 4.98 Å². The van der Waals surface area contributed by atoms with Crippen molar-refractivity contribution in [2.24, 2.45) is 0 Å². The summed E-state index contributed by atoms with van der Waals surface area (Å²) in [7, 11) is 4.03. The number of pyridine rings is 1. The van der Waals surface area contributed by atoms with E-state index in [1.807, 2.05) is 26.2 Å². The number of nitrogens with zero attached hydrogens (tertiary/aromatic N) is 2. The topological polar surface area (TPSA) is 36.4 Å². The molecule has 0 saturated heterocycles. The Morgan fingerprint density at radius 3 is 2.12 bits per heavy atom. The lowest BCUT2D eigenvalue weighted by Gasteiger charge is -2.14. The van der Waals surface area contributed by atoms with Crippen LogP contribution < -0.4 is 4.90 Å². The summed E-state index contributed by atoms with van der Waals surface area (Å²) in [5.74, 6) is 6.08. The van der Waals surface area contributed by atoms with Crippen LogP contribution in [0.25, 0.3) is 32.7 Å². The van der Waals surface area contributed by atoms with Crippen molar-refractivity contribution in [1.82, 2.24) is 4.98 Å². The van der Waals surface area contributed by atoms with Crippen molar-refractivity contribution in [3.63, 3.8) is 0 Å². The van der Waals surface area contributed by atoms with Gasteiger partial charge in [-0.25, -0.2) is 4.39 Å². The second-order valence-electron chi connectivity index (χ2n) is 7.47. The number of aliphatic hydroxyl groups excluding tert-OH is 1. The first-order valence-corrected chi connectivity index (χ1v) is 11.1. The average Bonchev–Trinajstić information content (AvgIpc) is 3.19. The molecule has 1 N–H and O–H groups in total. The van der Waals surface area contributed by atoms with E-state index in [-0.39, 0.29) is 12.4 Å². The summed E-state index contributed by atoms with van der Waals surface area (Å²) in [5, 5.41) is 9.21. The third-order valence-corrected chi connectivity index (χ3v) is 6.25. The number of halogens is 1. The van der Waals surface area contributed by atoms with Crippen LogP contribution in [0.1, 0.15) is 11.3 Å². The SMILES string of the molecule is CN(C)c1ccc(-c2c(C#CCCO)sc(-c3ccc(F)cc3)c2-c2ccncc2)cc1. The van der Waals surface area contributed by atoms with E-state index in [0.717, 1.165) is 43.3 Å². The highest BCUT2D eigenvalue weighted by atomic mass is 32.1. The van der Waals surface area contributed by atoms with E-state index in [1.165, 1.54) is 12.1 Å². The molecular formula is C27H23FN2OS. The third-order valence-electron chi connectivity index (χ3n) is 5.09. The zero-order chi connectivity index (χ0) is 22.5. The van der Waals surface area contributed by atoms with Gasteiger partial charge in [0.1, 0.15) is 5.82 Å². The largest absolute Gasteiger partial charge is 0.395 e. The van der Waals surface area contributed by atoms with Gasteiger partial charge < -0.3 is 10.0 Å². The highest BCUT2D eigenvalue weighted by Crippen LogP contribution is 2.47. The van der Waals surface area contributed by atoms with Crippen LogP contribution in [-0.4, -0.2) is 30.8 Å². The van der Waals surface area contributed by atoms with Gasteiger partial charge in [0.15, 0.2) is 0 Å². The van der Waals surface area contributed by atoms with Crippen molar-refractivity contribution in [3.05, 3.63) is 83.8 Å². The van der Waals surface area contributed by atoms with Crippen LogP contribution >= 0.6 is 11.3 Å². The molecule has 0 aliphatic rings. The van der Waals surface area contributed by atoms with Crippen LogP contribution in [0.3, 0.4) is 0 Å². The second-order valence-corrected chi connectivity index (χ2v) is 8.49. The van der Waals surface area contributed by atoms with E-state index >= 15 is 0 Å². The fraction of sp³-hybridized carbons (Fsp3) is 0.148. The van der Waals surface area contributed by atoms with Crippen LogP contribution in [0.4, 0.5) is 10.1 Å². The molecule has 3 nitrogen and oxygen atoms in total. The van der Waals surface area contributed by atoms with Crippen LogP contribution in [0, 0.1) is 17.7 Å². The van der Waals surface area contributed by atoms with Crippen LogP contribution in [0.5, 0.6) is 0 Å². The van der Waals surface area contributed by atoms with Gasteiger partial charge in [-0.1, -0.05) is 36.1 Å². The lowest BCUT2D eigenvalue weighted by atomic mass is 9.93. The van der Waals surface area contributed by atoms with E-state index in [1.54, 1.807) is 35.9 Å². The molecule has 2 aromatic heterocycles. The molecule has 0 saturated carbocycles.